The third-order valence-electron chi connectivity index (χ3n) is 2.00. The molecule has 0 saturated carbocycles. The molecule has 1 aliphatic rings. The molecule has 0 N–H and O–H groups in total. The van der Waals surface area contributed by atoms with E-state index < -0.39 is 6.04 Å². The Kier molecular flexibility index (Phi) is 2.89. The quantitative estimate of drug-likeness (QED) is 0.556. The molecule has 1 saturated heterocycles. The molecule has 1 aliphatic heterocycles. The number of nitrogens with zero attached hydrogens (tertiary/aromatic N) is 3. The maximum atomic E-state index is 8.56. The summed E-state index contributed by atoms with van der Waals surface area (Å²) in [6, 6.07) is 3.45. The Morgan fingerprint density at radius 3 is 2.00 bits per heavy atom. The van der Waals surface area contributed by atoms with Gasteiger partial charge >= 0.3 is 0 Å². The second kappa shape index (κ2) is 3.95. The zero-order chi connectivity index (χ0) is 8.10. The molecule has 0 atom stereocenters. The molecule has 0 unspecified atom stereocenters. The molecule has 3 nitrogen and oxygen atoms in total. The Bertz CT molecular complexity index is 178. The molecule has 0 radical (unpaired) electrons. The summed E-state index contributed by atoms with van der Waals surface area (Å²) in [6.45, 7) is 1.82. The Balaban J connectivity index is 2.46. The molecule has 0 amide bonds. The van der Waals surface area contributed by atoms with Crippen LogP contribution < -0.4 is 0 Å². The summed E-state index contributed by atoms with van der Waals surface area (Å²) < 4.78 is 0. The Morgan fingerprint density at radius 2 is 1.55 bits per heavy atom. The molecular weight excluding hydrogens is 138 g/mol. The Hall–Kier alpha value is -1.06. The van der Waals surface area contributed by atoms with Gasteiger partial charge in [0.15, 0.2) is 6.04 Å². The van der Waals surface area contributed by atoms with Gasteiger partial charge < -0.3 is 0 Å². The summed E-state index contributed by atoms with van der Waals surface area (Å²) in [5.74, 6) is 0. The zero-order valence-electron chi connectivity index (χ0n) is 6.45. The van der Waals surface area contributed by atoms with Gasteiger partial charge in [-0.1, -0.05) is 6.42 Å². The topological polar surface area (TPSA) is 50.8 Å². The molecule has 3 heteroatoms. The number of piperidine rings is 1. The highest BCUT2D eigenvalue weighted by atomic mass is 15.2. The van der Waals surface area contributed by atoms with E-state index in [-0.39, 0.29) is 0 Å². The van der Waals surface area contributed by atoms with Gasteiger partial charge in [0.1, 0.15) is 0 Å². The third kappa shape index (κ3) is 1.93. The van der Waals surface area contributed by atoms with E-state index >= 15 is 0 Å². The second-order valence-electron chi connectivity index (χ2n) is 2.76. The maximum absolute atomic E-state index is 8.56. The smallest absolute Gasteiger partial charge is 0.186 e. The first-order chi connectivity index (χ1) is 5.38. The molecule has 0 aliphatic carbocycles. The summed E-state index contributed by atoms with van der Waals surface area (Å²) >= 11 is 0. The molecule has 1 rings (SSSR count). The van der Waals surface area contributed by atoms with Crippen molar-refractivity contribution >= 4 is 0 Å². The fourth-order valence-electron chi connectivity index (χ4n) is 1.37. The highest BCUT2D eigenvalue weighted by Gasteiger charge is 2.18. The van der Waals surface area contributed by atoms with E-state index in [0.717, 1.165) is 25.9 Å². The lowest BCUT2D eigenvalue weighted by atomic mass is 10.1. The van der Waals surface area contributed by atoms with E-state index in [2.05, 4.69) is 0 Å². The number of rotatable bonds is 1. The van der Waals surface area contributed by atoms with Gasteiger partial charge in [-0.05, 0) is 12.8 Å². The Labute approximate surface area is 66.8 Å². The van der Waals surface area contributed by atoms with E-state index in [0.29, 0.717) is 0 Å². The van der Waals surface area contributed by atoms with Crippen molar-refractivity contribution in [2.24, 2.45) is 0 Å². The van der Waals surface area contributed by atoms with Crippen LogP contribution in [0.5, 0.6) is 0 Å². The van der Waals surface area contributed by atoms with Gasteiger partial charge in [-0.2, -0.15) is 10.5 Å². The van der Waals surface area contributed by atoms with E-state index in [1.807, 2.05) is 17.0 Å². The average Bonchev–Trinajstić information content (AvgIpc) is 2.09. The first-order valence-corrected chi connectivity index (χ1v) is 3.92. The normalized spacial score (nSPS) is 19.2. The van der Waals surface area contributed by atoms with Crippen LogP contribution in [0.4, 0.5) is 0 Å². The summed E-state index contributed by atoms with van der Waals surface area (Å²) in [5, 5.41) is 17.1. The number of nitriles is 2. The van der Waals surface area contributed by atoms with Crippen molar-refractivity contribution in [3.05, 3.63) is 0 Å². The van der Waals surface area contributed by atoms with Gasteiger partial charge in [-0.15, -0.1) is 0 Å². The van der Waals surface area contributed by atoms with Crippen molar-refractivity contribution < 1.29 is 0 Å². The third-order valence-corrected chi connectivity index (χ3v) is 2.00. The van der Waals surface area contributed by atoms with E-state index in [1.165, 1.54) is 6.42 Å². The molecule has 0 bridgehead atoms. The molecule has 0 aromatic heterocycles. The number of hydrogen-bond donors (Lipinski definition) is 0. The highest BCUT2D eigenvalue weighted by molar-refractivity contribution is 5.07. The van der Waals surface area contributed by atoms with Gasteiger partial charge in [-0.3, -0.25) is 4.90 Å². The van der Waals surface area contributed by atoms with Gasteiger partial charge in [-0.25, -0.2) is 0 Å². The van der Waals surface area contributed by atoms with Crippen LogP contribution in [0.15, 0.2) is 0 Å². The van der Waals surface area contributed by atoms with Crippen LogP contribution in [0.25, 0.3) is 0 Å². The first kappa shape index (κ1) is 8.04. The lowest BCUT2D eigenvalue weighted by molar-refractivity contribution is 0.223. The Morgan fingerprint density at radius 1 is 1.00 bits per heavy atom. The van der Waals surface area contributed by atoms with Gasteiger partial charge in [0.2, 0.25) is 0 Å². The van der Waals surface area contributed by atoms with E-state index in [4.69, 9.17) is 10.5 Å². The minimum absolute atomic E-state index is 0.518. The van der Waals surface area contributed by atoms with Crippen LogP contribution in [0.1, 0.15) is 19.3 Å². The standard InChI is InChI=1S/C8H11N3/c9-6-8(7-10)11-4-2-1-3-5-11/h8H,1-5H2. The van der Waals surface area contributed by atoms with Crippen LogP contribution in [-0.4, -0.2) is 24.0 Å². The van der Waals surface area contributed by atoms with Gasteiger partial charge in [0.25, 0.3) is 0 Å². The van der Waals surface area contributed by atoms with Gasteiger partial charge in [0.05, 0.1) is 12.1 Å². The lowest BCUT2D eigenvalue weighted by Crippen LogP contribution is -2.37. The van der Waals surface area contributed by atoms with Crippen molar-refractivity contribution in [2.75, 3.05) is 13.1 Å². The molecule has 11 heavy (non-hydrogen) atoms. The minimum Gasteiger partial charge on any atom is -0.276 e. The van der Waals surface area contributed by atoms with Gasteiger partial charge in [0, 0.05) is 13.1 Å². The van der Waals surface area contributed by atoms with Crippen LogP contribution in [0, 0.1) is 22.7 Å². The van der Waals surface area contributed by atoms with Crippen molar-refractivity contribution in [3.8, 4) is 12.1 Å². The van der Waals surface area contributed by atoms with E-state index in [9.17, 15) is 0 Å². The summed E-state index contributed by atoms with van der Waals surface area (Å²) in [7, 11) is 0. The van der Waals surface area contributed by atoms with Crippen molar-refractivity contribution in [3.63, 3.8) is 0 Å². The fraction of sp³-hybridized carbons (Fsp3) is 0.750. The molecule has 0 aromatic rings. The minimum atomic E-state index is -0.518. The molecule has 0 spiro atoms. The SMILES string of the molecule is N#CC(C#N)N1CCCCC1. The first-order valence-electron chi connectivity index (χ1n) is 3.92. The van der Waals surface area contributed by atoms with Crippen molar-refractivity contribution in [2.45, 2.75) is 25.3 Å². The molecule has 0 aromatic carbocycles. The lowest BCUT2D eigenvalue weighted by Gasteiger charge is -2.26. The maximum Gasteiger partial charge on any atom is 0.186 e. The summed E-state index contributed by atoms with van der Waals surface area (Å²) in [4.78, 5) is 1.95. The second-order valence-corrected chi connectivity index (χ2v) is 2.76. The fourth-order valence-corrected chi connectivity index (χ4v) is 1.37. The van der Waals surface area contributed by atoms with Crippen LogP contribution in [-0.2, 0) is 0 Å². The molecule has 58 valence electrons. The number of hydrogen-bond acceptors (Lipinski definition) is 3. The average molecular weight is 149 g/mol. The predicted octanol–water partition coefficient (Wildman–Crippen LogP) is 0.888. The summed E-state index contributed by atoms with van der Waals surface area (Å²) in [6.07, 6.45) is 3.49. The highest BCUT2D eigenvalue weighted by Crippen LogP contribution is 2.10. The zero-order valence-corrected chi connectivity index (χ0v) is 6.45. The summed E-state index contributed by atoms with van der Waals surface area (Å²) in [5.41, 5.74) is 0. The number of likely N-dealkylation sites (tertiary alicyclic amines) is 1. The monoisotopic (exact) mass is 149 g/mol. The van der Waals surface area contributed by atoms with Crippen molar-refractivity contribution in [1.82, 2.24) is 4.90 Å². The van der Waals surface area contributed by atoms with Crippen LogP contribution in [0.2, 0.25) is 0 Å². The van der Waals surface area contributed by atoms with Crippen molar-refractivity contribution in [1.29, 1.82) is 10.5 Å². The molecule has 1 fully saturated rings. The van der Waals surface area contributed by atoms with Crippen LogP contribution in [0.3, 0.4) is 0 Å². The van der Waals surface area contributed by atoms with Crippen LogP contribution >= 0.6 is 0 Å². The molecule has 1 heterocycles. The van der Waals surface area contributed by atoms with E-state index in [1.54, 1.807) is 0 Å². The largest absolute Gasteiger partial charge is 0.276 e. The molecular formula is C8H11N3. The predicted molar refractivity (Wildman–Crippen MR) is 40.4 cm³/mol.